The zero-order valence-electron chi connectivity index (χ0n) is 12.0. The molecule has 0 unspecified atom stereocenters. The van der Waals surface area contributed by atoms with Gasteiger partial charge in [-0.2, -0.15) is 0 Å². The molecule has 0 aliphatic rings. The first-order valence-electron chi connectivity index (χ1n) is 7.19. The van der Waals surface area contributed by atoms with E-state index in [0.29, 0.717) is 0 Å². The Morgan fingerprint density at radius 1 is 1.22 bits per heavy atom. The van der Waals surface area contributed by atoms with Crippen LogP contribution >= 0.6 is 0 Å². The van der Waals surface area contributed by atoms with Crippen molar-refractivity contribution < 1.29 is 0 Å². The highest BCUT2D eigenvalue weighted by Gasteiger charge is 2.03. The maximum absolute atomic E-state index is 4.37. The van der Waals surface area contributed by atoms with E-state index in [1.807, 2.05) is 6.20 Å². The lowest BCUT2D eigenvalue weighted by atomic mass is 10.0. The van der Waals surface area contributed by atoms with Gasteiger partial charge in [-0.3, -0.25) is 0 Å². The molecule has 0 saturated carbocycles. The Balaban J connectivity index is 2.43. The van der Waals surface area contributed by atoms with Gasteiger partial charge in [0.15, 0.2) is 0 Å². The van der Waals surface area contributed by atoms with Crippen molar-refractivity contribution in [1.29, 1.82) is 0 Å². The average molecular weight is 249 g/mol. The predicted molar refractivity (Wildman–Crippen MR) is 78.8 cm³/mol. The monoisotopic (exact) mass is 249 g/mol. The highest BCUT2D eigenvalue weighted by atomic mass is 15.0. The van der Waals surface area contributed by atoms with Crippen molar-refractivity contribution in [3.63, 3.8) is 0 Å². The first-order chi connectivity index (χ1) is 8.80. The van der Waals surface area contributed by atoms with E-state index in [1.165, 1.54) is 24.8 Å². The van der Waals surface area contributed by atoms with Gasteiger partial charge in [-0.05, 0) is 36.6 Å². The molecule has 0 spiro atoms. The minimum Gasteiger partial charge on any atom is -0.370 e. The molecule has 3 heteroatoms. The maximum atomic E-state index is 4.37. The summed E-state index contributed by atoms with van der Waals surface area (Å²) in [6, 6.07) is 4.22. The van der Waals surface area contributed by atoms with Gasteiger partial charge in [-0.1, -0.05) is 33.6 Å². The third-order valence-corrected chi connectivity index (χ3v) is 3.31. The van der Waals surface area contributed by atoms with E-state index in [0.717, 1.165) is 31.4 Å². The Morgan fingerprint density at radius 2 is 2.00 bits per heavy atom. The van der Waals surface area contributed by atoms with E-state index in [1.54, 1.807) is 0 Å². The summed E-state index contributed by atoms with van der Waals surface area (Å²) < 4.78 is 0. The summed E-state index contributed by atoms with van der Waals surface area (Å²) in [6.07, 6.45) is 5.51. The largest absolute Gasteiger partial charge is 0.370 e. The number of nitrogens with one attached hydrogen (secondary N) is 2. The molecule has 3 nitrogen and oxygen atoms in total. The summed E-state index contributed by atoms with van der Waals surface area (Å²) in [6.45, 7) is 9.69. The highest BCUT2D eigenvalue weighted by Crippen LogP contribution is 2.11. The molecule has 0 aliphatic heterocycles. The summed E-state index contributed by atoms with van der Waals surface area (Å²) in [7, 11) is 0. The molecule has 2 N–H and O–H groups in total. The number of nitrogens with zero attached hydrogens (tertiary/aromatic N) is 1. The number of anilines is 1. The summed E-state index contributed by atoms with van der Waals surface area (Å²) in [5, 5.41) is 6.85. The number of pyridine rings is 1. The number of aromatic nitrogens is 1. The fourth-order valence-electron chi connectivity index (χ4n) is 1.92. The van der Waals surface area contributed by atoms with Crippen molar-refractivity contribution in [2.75, 3.05) is 18.4 Å². The van der Waals surface area contributed by atoms with Crippen molar-refractivity contribution in [1.82, 2.24) is 10.3 Å². The van der Waals surface area contributed by atoms with E-state index >= 15 is 0 Å². The van der Waals surface area contributed by atoms with Gasteiger partial charge in [0, 0.05) is 19.3 Å². The van der Waals surface area contributed by atoms with E-state index in [4.69, 9.17) is 0 Å². The van der Waals surface area contributed by atoms with Crippen LogP contribution < -0.4 is 10.6 Å². The Bertz CT molecular complexity index is 321. The normalized spacial score (nSPS) is 10.9. The molecule has 1 rings (SSSR count). The molecule has 0 saturated heterocycles. The van der Waals surface area contributed by atoms with Crippen molar-refractivity contribution in [3.8, 4) is 0 Å². The third-order valence-electron chi connectivity index (χ3n) is 3.31. The highest BCUT2D eigenvalue weighted by molar-refractivity contribution is 5.37. The van der Waals surface area contributed by atoms with Crippen LogP contribution in [0.2, 0.25) is 0 Å². The zero-order chi connectivity index (χ0) is 13.2. The Kier molecular flexibility index (Phi) is 7.42. The molecule has 0 atom stereocenters. The maximum Gasteiger partial charge on any atom is 0.126 e. The topological polar surface area (TPSA) is 37.0 Å². The summed E-state index contributed by atoms with van der Waals surface area (Å²) >= 11 is 0. The quantitative estimate of drug-likeness (QED) is 0.658. The molecule has 18 heavy (non-hydrogen) atoms. The molecular formula is C15H27N3. The van der Waals surface area contributed by atoms with Crippen LogP contribution in [-0.2, 0) is 6.54 Å². The summed E-state index contributed by atoms with van der Waals surface area (Å²) in [5.74, 6) is 1.74. The molecule has 102 valence electrons. The van der Waals surface area contributed by atoms with Crippen molar-refractivity contribution in [2.24, 2.45) is 5.92 Å². The molecule has 0 aromatic carbocycles. The number of rotatable bonds is 9. The van der Waals surface area contributed by atoms with Gasteiger partial charge in [0.2, 0.25) is 0 Å². The Hall–Kier alpha value is -1.09. The Labute approximate surface area is 111 Å². The van der Waals surface area contributed by atoms with Crippen LogP contribution in [0.15, 0.2) is 18.3 Å². The predicted octanol–water partition coefficient (Wildman–Crippen LogP) is 3.43. The third kappa shape index (κ3) is 5.50. The SMILES string of the molecule is CCCNCc1ccnc(NCC(CC)CC)c1. The standard InChI is InChI=1S/C15H27N3/c1-4-8-16-11-14-7-9-17-15(10-14)18-12-13(5-2)6-3/h7,9-10,13,16H,4-6,8,11-12H2,1-3H3,(H,17,18). The lowest BCUT2D eigenvalue weighted by molar-refractivity contribution is 0.518. The Morgan fingerprint density at radius 3 is 2.67 bits per heavy atom. The summed E-state index contributed by atoms with van der Waals surface area (Å²) in [4.78, 5) is 4.37. The van der Waals surface area contributed by atoms with Gasteiger partial charge >= 0.3 is 0 Å². The van der Waals surface area contributed by atoms with E-state index in [-0.39, 0.29) is 0 Å². The van der Waals surface area contributed by atoms with Crippen LogP contribution in [0.4, 0.5) is 5.82 Å². The average Bonchev–Trinajstić information content (AvgIpc) is 2.41. The van der Waals surface area contributed by atoms with Crippen LogP contribution in [-0.4, -0.2) is 18.1 Å². The molecule has 0 radical (unpaired) electrons. The molecule has 1 heterocycles. The van der Waals surface area contributed by atoms with E-state index in [2.05, 4.69) is 48.5 Å². The van der Waals surface area contributed by atoms with Gasteiger partial charge in [0.05, 0.1) is 0 Å². The van der Waals surface area contributed by atoms with Gasteiger partial charge in [-0.15, -0.1) is 0 Å². The first kappa shape index (κ1) is 15.0. The second kappa shape index (κ2) is 8.92. The molecule has 0 bridgehead atoms. The minimum absolute atomic E-state index is 0.744. The smallest absolute Gasteiger partial charge is 0.126 e. The van der Waals surface area contributed by atoms with Gasteiger partial charge in [0.25, 0.3) is 0 Å². The number of hydrogen-bond acceptors (Lipinski definition) is 3. The van der Waals surface area contributed by atoms with Gasteiger partial charge in [-0.25, -0.2) is 4.98 Å². The zero-order valence-corrected chi connectivity index (χ0v) is 12.0. The lowest BCUT2D eigenvalue weighted by Gasteiger charge is -2.14. The fraction of sp³-hybridized carbons (Fsp3) is 0.667. The van der Waals surface area contributed by atoms with Gasteiger partial charge < -0.3 is 10.6 Å². The second-order valence-electron chi connectivity index (χ2n) is 4.79. The molecule has 0 aliphatic carbocycles. The van der Waals surface area contributed by atoms with Crippen LogP contribution in [0.25, 0.3) is 0 Å². The van der Waals surface area contributed by atoms with Crippen LogP contribution in [0.1, 0.15) is 45.6 Å². The number of hydrogen-bond donors (Lipinski definition) is 2. The van der Waals surface area contributed by atoms with Crippen LogP contribution in [0.5, 0.6) is 0 Å². The minimum atomic E-state index is 0.744. The van der Waals surface area contributed by atoms with Crippen LogP contribution in [0.3, 0.4) is 0 Å². The van der Waals surface area contributed by atoms with Crippen molar-refractivity contribution >= 4 is 5.82 Å². The first-order valence-corrected chi connectivity index (χ1v) is 7.19. The molecule has 0 fully saturated rings. The fourth-order valence-corrected chi connectivity index (χ4v) is 1.92. The van der Waals surface area contributed by atoms with Crippen LogP contribution in [0, 0.1) is 5.92 Å². The van der Waals surface area contributed by atoms with Crippen molar-refractivity contribution in [2.45, 2.75) is 46.6 Å². The lowest BCUT2D eigenvalue weighted by Crippen LogP contribution is -2.15. The van der Waals surface area contributed by atoms with E-state index < -0.39 is 0 Å². The van der Waals surface area contributed by atoms with Gasteiger partial charge in [0.1, 0.15) is 5.82 Å². The second-order valence-corrected chi connectivity index (χ2v) is 4.79. The summed E-state index contributed by atoms with van der Waals surface area (Å²) in [5.41, 5.74) is 1.30. The van der Waals surface area contributed by atoms with Crippen molar-refractivity contribution in [3.05, 3.63) is 23.9 Å². The van der Waals surface area contributed by atoms with E-state index in [9.17, 15) is 0 Å². The molecular weight excluding hydrogens is 222 g/mol. The molecule has 0 amide bonds. The molecule has 1 aromatic rings. The molecule has 1 aromatic heterocycles.